The molecule has 1 aliphatic heterocycles. The minimum Gasteiger partial charge on any atom is -0.493 e. The van der Waals surface area contributed by atoms with Crippen molar-refractivity contribution in [3.8, 4) is 11.5 Å². The smallest absolute Gasteiger partial charge is 0.410 e. The molecule has 0 N–H and O–H groups in total. The van der Waals surface area contributed by atoms with Crippen molar-refractivity contribution in [2.24, 2.45) is 0 Å². The number of benzene rings is 1. The fourth-order valence-electron chi connectivity index (χ4n) is 2.37. The molecule has 0 atom stereocenters. The Hall–Kier alpha value is -1.91. The first-order valence-corrected chi connectivity index (χ1v) is 7.05. The van der Waals surface area contributed by atoms with E-state index in [-0.39, 0.29) is 6.09 Å². The molecule has 0 aliphatic carbocycles. The Morgan fingerprint density at radius 2 is 1.67 bits per heavy atom. The number of carbonyl (C=O) groups is 1. The molecule has 0 unspecified atom stereocenters. The van der Waals surface area contributed by atoms with Crippen molar-refractivity contribution in [3.05, 3.63) is 23.3 Å². The Bertz CT molecular complexity index is 534. The Labute approximate surface area is 125 Å². The van der Waals surface area contributed by atoms with Gasteiger partial charge in [-0.2, -0.15) is 0 Å². The third kappa shape index (κ3) is 3.60. The maximum Gasteiger partial charge on any atom is 0.410 e. The van der Waals surface area contributed by atoms with Gasteiger partial charge in [-0.05, 0) is 50.5 Å². The second kappa shape index (κ2) is 5.84. The summed E-state index contributed by atoms with van der Waals surface area (Å²) >= 11 is 0. The molecule has 116 valence electrons. The third-order valence-electron chi connectivity index (χ3n) is 3.37. The SMILES string of the molecule is COc1cc2c(cc1OC)CN(C(=O)OC(C)(C)C)CC2. The molecule has 0 radical (unpaired) electrons. The van der Waals surface area contributed by atoms with Crippen molar-refractivity contribution in [3.63, 3.8) is 0 Å². The summed E-state index contributed by atoms with van der Waals surface area (Å²) in [7, 11) is 3.23. The van der Waals surface area contributed by atoms with Crippen molar-refractivity contribution in [1.29, 1.82) is 0 Å². The van der Waals surface area contributed by atoms with Crippen LogP contribution in [0.3, 0.4) is 0 Å². The Morgan fingerprint density at radius 3 is 2.19 bits per heavy atom. The number of amides is 1. The topological polar surface area (TPSA) is 48.0 Å². The van der Waals surface area contributed by atoms with E-state index >= 15 is 0 Å². The highest BCUT2D eigenvalue weighted by atomic mass is 16.6. The standard InChI is InChI=1S/C16H23NO4/c1-16(2,3)21-15(18)17-7-6-11-8-13(19-4)14(20-5)9-12(11)10-17/h8-9H,6-7,10H2,1-5H3. The zero-order valence-electron chi connectivity index (χ0n) is 13.4. The Morgan fingerprint density at radius 1 is 1.10 bits per heavy atom. The first-order valence-electron chi connectivity index (χ1n) is 7.05. The summed E-state index contributed by atoms with van der Waals surface area (Å²) in [6.45, 7) is 6.80. The lowest BCUT2D eigenvalue weighted by Crippen LogP contribution is -2.39. The minimum atomic E-state index is -0.477. The van der Waals surface area contributed by atoms with Crippen LogP contribution in [0.4, 0.5) is 4.79 Å². The van der Waals surface area contributed by atoms with E-state index in [4.69, 9.17) is 14.2 Å². The fraction of sp³-hybridized carbons (Fsp3) is 0.562. The fourth-order valence-corrected chi connectivity index (χ4v) is 2.37. The van der Waals surface area contributed by atoms with Gasteiger partial charge in [0.05, 0.1) is 14.2 Å². The van der Waals surface area contributed by atoms with Gasteiger partial charge in [-0.3, -0.25) is 0 Å². The molecule has 5 heteroatoms. The van der Waals surface area contributed by atoms with Crippen LogP contribution in [-0.2, 0) is 17.7 Å². The molecule has 0 saturated carbocycles. The molecule has 0 aromatic heterocycles. The van der Waals surface area contributed by atoms with E-state index in [1.54, 1.807) is 19.1 Å². The van der Waals surface area contributed by atoms with Gasteiger partial charge in [0.15, 0.2) is 11.5 Å². The second-order valence-corrected chi connectivity index (χ2v) is 6.13. The number of ether oxygens (including phenoxy) is 3. The number of hydrogen-bond donors (Lipinski definition) is 0. The quantitative estimate of drug-likeness (QED) is 0.841. The average Bonchev–Trinajstić information content (AvgIpc) is 2.43. The van der Waals surface area contributed by atoms with Crippen LogP contribution in [0.25, 0.3) is 0 Å². The molecule has 1 heterocycles. The molecule has 2 rings (SSSR count). The number of fused-ring (bicyclic) bond motifs is 1. The average molecular weight is 293 g/mol. The monoisotopic (exact) mass is 293 g/mol. The summed E-state index contributed by atoms with van der Waals surface area (Å²) in [5.74, 6) is 1.41. The number of methoxy groups -OCH3 is 2. The van der Waals surface area contributed by atoms with Crippen LogP contribution in [0.1, 0.15) is 31.9 Å². The van der Waals surface area contributed by atoms with Crippen LogP contribution in [0.5, 0.6) is 11.5 Å². The summed E-state index contributed by atoms with van der Waals surface area (Å²) in [4.78, 5) is 13.9. The maximum atomic E-state index is 12.1. The van der Waals surface area contributed by atoms with Gasteiger partial charge in [0.2, 0.25) is 0 Å². The zero-order valence-corrected chi connectivity index (χ0v) is 13.4. The largest absolute Gasteiger partial charge is 0.493 e. The van der Waals surface area contributed by atoms with Crippen LogP contribution in [0, 0.1) is 0 Å². The van der Waals surface area contributed by atoms with Crippen molar-refractivity contribution in [2.45, 2.75) is 39.3 Å². The van der Waals surface area contributed by atoms with Crippen LogP contribution in [0.15, 0.2) is 12.1 Å². The lowest BCUT2D eigenvalue weighted by molar-refractivity contribution is 0.0223. The molecule has 0 spiro atoms. The summed E-state index contributed by atoms with van der Waals surface area (Å²) in [5, 5.41) is 0. The van der Waals surface area contributed by atoms with Gasteiger partial charge >= 0.3 is 6.09 Å². The summed E-state index contributed by atoms with van der Waals surface area (Å²) in [6, 6.07) is 3.92. The number of hydrogen-bond acceptors (Lipinski definition) is 4. The zero-order chi connectivity index (χ0) is 15.6. The van der Waals surface area contributed by atoms with Gasteiger partial charge in [0.1, 0.15) is 5.60 Å². The highest BCUT2D eigenvalue weighted by Crippen LogP contribution is 2.33. The molecule has 1 aromatic carbocycles. The van der Waals surface area contributed by atoms with Gasteiger partial charge < -0.3 is 19.1 Å². The van der Waals surface area contributed by atoms with E-state index in [9.17, 15) is 4.79 Å². The number of carbonyl (C=O) groups excluding carboxylic acids is 1. The highest BCUT2D eigenvalue weighted by Gasteiger charge is 2.26. The normalized spacial score (nSPS) is 14.4. The summed E-state index contributed by atoms with van der Waals surface area (Å²) < 4.78 is 16.1. The molecule has 1 aromatic rings. The van der Waals surface area contributed by atoms with Gasteiger partial charge in [-0.15, -0.1) is 0 Å². The highest BCUT2D eigenvalue weighted by molar-refractivity contribution is 5.69. The Kier molecular flexibility index (Phi) is 4.30. The lowest BCUT2D eigenvalue weighted by atomic mass is 9.99. The summed E-state index contributed by atoms with van der Waals surface area (Å²) in [6.07, 6.45) is 0.512. The van der Waals surface area contributed by atoms with E-state index in [1.165, 1.54) is 5.56 Å². The van der Waals surface area contributed by atoms with Crippen molar-refractivity contribution >= 4 is 6.09 Å². The van der Waals surface area contributed by atoms with Crippen LogP contribution in [-0.4, -0.2) is 37.4 Å². The van der Waals surface area contributed by atoms with E-state index in [2.05, 4.69) is 0 Å². The molecule has 5 nitrogen and oxygen atoms in total. The molecule has 1 amide bonds. The molecule has 21 heavy (non-hydrogen) atoms. The van der Waals surface area contributed by atoms with E-state index < -0.39 is 5.60 Å². The molecule has 0 fully saturated rings. The second-order valence-electron chi connectivity index (χ2n) is 6.13. The first-order chi connectivity index (χ1) is 9.84. The minimum absolute atomic E-state index is 0.275. The predicted octanol–water partition coefficient (Wildman–Crippen LogP) is 3.00. The van der Waals surface area contributed by atoms with Crippen LogP contribution < -0.4 is 9.47 Å². The van der Waals surface area contributed by atoms with Crippen molar-refractivity contribution in [2.75, 3.05) is 20.8 Å². The maximum absolute atomic E-state index is 12.1. The Balaban J connectivity index is 2.18. The number of rotatable bonds is 2. The predicted molar refractivity (Wildman–Crippen MR) is 79.9 cm³/mol. The van der Waals surface area contributed by atoms with E-state index in [1.807, 2.05) is 32.9 Å². The van der Waals surface area contributed by atoms with Gasteiger partial charge in [-0.1, -0.05) is 0 Å². The van der Waals surface area contributed by atoms with Crippen LogP contribution >= 0.6 is 0 Å². The third-order valence-corrected chi connectivity index (χ3v) is 3.37. The van der Waals surface area contributed by atoms with Crippen molar-refractivity contribution < 1.29 is 19.0 Å². The van der Waals surface area contributed by atoms with Gasteiger partial charge in [0.25, 0.3) is 0 Å². The lowest BCUT2D eigenvalue weighted by Gasteiger charge is -2.31. The van der Waals surface area contributed by atoms with E-state index in [0.717, 1.165) is 17.7 Å². The van der Waals surface area contributed by atoms with E-state index in [0.29, 0.717) is 18.8 Å². The van der Waals surface area contributed by atoms with Crippen LogP contribution in [0.2, 0.25) is 0 Å². The molecule has 1 aliphatic rings. The van der Waals surface area contributed by atoms with Crippen molar-refractivity contribution in [1.82, 2.24) is 4.90 Å². The number of nitrogens with zero attached hydrogens (tertiary/aromatic N) is 1. The molecule has 0 bridgehead atoms. The van der Waals surface area contributed by atoms with Gasteiger partial charge in [0, 0.05) is 13.1 Å². The molecular formula is C16H23NO4. The first kappa shape index (κ1) is 15.5. The molecule has 0 saturated heterocycles. The summed E-state index contributed by atoms with van der Waals surface area (Å²) in [5.41, 5.74) is 1.78. The van der Waals surface area contributed by atoms with Gasteiger partial charge in [-0.25, -0.2) is 4.79 Å². The molecular weight excluding hydrogens is 270 g/mol.